The Bertz CT molecular complexity index is 823. The van der Waals surface area contributed by atoms with Crippen molar-refractivity contribution < 1.29 is 4.21 Å². The normalized spacial score (nSPS) is 18.5. The molecular weight excluding hydrogens is 346 g/mol. The van der Waals surface area contributed by atoms with Crippen molar-refractivity contribution in [3.63, 3.8) is 0 Å². The number of benzene rings is 2. The van der Waals surface area contributed by atoms with Gasteiger partial charge < -0.3 is 5.32 Å². The molecule has 0 aromatic heterocycles. The summed E-state index contributed by atoms with van der Waals surface area (Å²) in [6.45, 7) is 6.24. The summed E-state index contributed by atoms with van der Waals surface area (Å²) in [6.07, 6.45) is 2.15. The van der Waals surface area contributed by atoms with Crippen molar-refractivity contribution in [2.75, 3.05) is 5.75 Å². The van der Waals surface area contributed by atoms with Crippen LogP contribution in [-0.2, 0) is 10.8 Å². The molecule has 2 nitrogen and oxygen atoms in total. The van der Waals surface area contributed by atoms with Gasteiger partial charge in [-0.3, -0.25) is 0 Å². The van der Waals surface area contributed by atoms with E-state index < -0.39 is 10.8 Å². The summed E-state index contributed by atoms with van der Waals surface area (Å²) in [4.78, 5) is 3.07. The molecule has 2 aromatic rings. The van der Waals surface area contributed by atoms with E-state index in [0.717, 1.165) is 26.9 Å². The van der Waals surface area contributed by atoms with Gasteiger partial charge in [-0.15, -0.1) is 11.8 Å². The topological polar surface area (TPSA) is 29.1 Å². The van der Waals surface area contributed by atoms with Crippen LogP contribution in [0.3, 0.4) is 0 Å². The van der Waals surface area contributed by atoms with Crippen molar-refractivity contribution in [2.45, 2.75) is 30.6 Å². The number of rotatable bonds is 5. The molecule has 1 aliphatic rings. The van der Waals surface area contributed by atoms with E-state index in [4.69, 9.17) is 0 Å². The fraction of sp³-hybridized carbons (Fsp3) is 0.238. The van der Waals surface area contributed by atoms with Crippen molar-refractivity contribution in [3.8, 4) is 0 Å². The maximum Gasteiger partial charge on any atom is 0.0832 e. The lowest BCUT2D eigenvalue weighted by Gasteiger charge is -2.25. The van der Waals surface area contributed by atoms with Gasteiger partial charge in [0.2, 0.25) is 0 Å². The smallest absolute Gasteiger partial charge is 0.0832 e. The Morgan fingerprint density at radius 1 is 1.04 bits per heavy atom. The average Bonchev–Trinajstić information content (AvgIpc) is 2.60. The van der Waals surface area contributed by atoms with Crippen LogP contribution in [0, 0.1) is 12.8 Å². The van der Waals surface area contributed by atoms with Crippen LogP contribution in [0.2, 0.25) is 0 Å². The highest BCUT2D eigenvalue weighted by Crippen LogP contribution is 2.32. The van der Waals surface area contributed by atoms with Gasteiger partial charge in [0.25, 0.3) is 0 Å². The number of thioether (sulfide) groups is 1. The predicted octanol–water partition coefficient (Wildman–Crippen LogP) is 5.25. The summed E-state index contributed by atoms with van der Waals surface area (Å²) >= 11 is 1.77. The van der Waals surface area contributed by atoms with Gasteiger partial charge >= 0.3 is 0 Å². The molecule has 0 spiro atoms. The summed E-state index contributed by atoms with van der Waals surface area (Å²) in [5.74, 6) is 0.946. The zero-order valence-corrected chi connectivity index (χ0v) is 16.4. The molecule has 1 heterocycles. The quantitative estimate of drug-likeness (QED) is 0.730. The largest absolute Gasteiger partial charge is 0.361 e. The third-order valence-corrected chi connectivity index (χ3v) is 6.88. The molecular formula is C21H23NOS2. The Kier molecular flexibility index (Phi) is 5.82. The van der Waals surface area contributed by atoms with E-state index in [-0.39, 0.29) is 5.92 Å². The summed E-state index contributed by atoms with van der Waals surface area (Å²) in [5.41, 5.74) is 3.38. The molecule has 0 aliphatic carbocycles. The van der Waals surface area contributed by atoms with Gasteiger partial charge in [-0.25, -0.2) is 4.21 Å². The second-order valence-corrected chi connectivity index (χ2v) is 8.79. The van der Waals surface area contributed by atoms with E-state index in [0.29, 0.717) is 0 Å². The van der Waals surface area contributed by atoms with E-state index in [1.807, 2.05) is 49.4 Å². The molecule has 2 atom stereocenters. The van der Waals surface area contributed by atoms with Crippen molar-refractivity contribution in [2.24, 2.45) is 5.92 Å². The Morgan fingerprint density at radius 2 is 1.72 bits per heavy atom. The van der Waals surface area contributed by atoms with E-state index in [1.54, 1.807) is 11.8 Å². The summed E-state index contributed by atoms with van der Waals surface area (Å²) < 4.78 is 13.2. The minimum absolute atomic E-state index is 0.162. The molecule has 0 radical (unpaired) electrons. The number of dihydropyridines is 1. The second-order valence-electron chi connectivity index (χ2n) is 6.29. The van der Waals surface area contributed by atoms with Gasteiger partial charge in [-0.1, -0.05) is 48.9 Å². The first-order chi connectivity index (χ1) is 12.0. The van der Waals surface area contributed by atoms with Crippen LogP contribution < -0.4 is 5.32 Å². The van der Waals surface area contributed by atoms with Crippen molar-refractivity contribution in [1.29, 1.82) is 0 Å². The summed E-state index contributed by atoms with van der Waals surface area (Å²) in [6, 6.07) is 18.3. The van der Waals surface area contributed by atoms with Crippen molar-refractivity contribution in [3.05, 3.63) is 82.5 Å². The lowest BCUT2D eigenvalue weighted by Crippen LogP contribution is -2.25. The van der Waals surface area contributed by atoms with Crippen molar-refractivity contribution in [1.82, 2.24) is 5.32 Å². The van der Waals surface area contributed by atoms with Gasteiger partial charge in [0, 0.05) is 37.8 Å². The molecule has 4 heteroatoms. The first kappa shape index (κ1) is 18.0. The Morgan fingerprint density at radius 3 is 2.40 bits per heavy atom. The molecule has 25 heavy (non-hydrogen) atoms. The molecule has 3 rings (SSSR count). The zero-order valence-electron chi connectivity index (χ0n) is 14.8. The van der Waals surface area contributed by atoms with E-state index in [9.17, 15) is 4.21 Å². The lowest BCUT2D eigenvalue weighted by molar-refractivity contribution is 0.679. The van der Waals surface area contributed by atoms with Gasteiger partial charge in [-0.05, 0) is 38.1 Å². The first-order valence-corrected chi connectivity index (χ1v) is 10.5. The molecule has 0 bridgehead atoms. The third-order valence-electron chi connectivity index (χ3n) is 4.12. The van der Waals surface area contributed by atoms with Crippen LogP contribution in [0.4, 0.5) is 0 Å². The number of hydrogen-bond donors (Lipinski definition) is 1. The van der Waals surface area contributed by atoms with Crippen LogP contribution in [0.15, 0.2) is 86.8 Å². The standard InChI is InChI=1S/C21H23NOS2/c1-15-9-11-19(12-10-15)25(23)21-16(2)13-17(3)22-20(21)14-24-18-7-5-4-6-8-18/h4-13,16,22H,14H2,1-3H3/t16-,25?/m1/s1. The highest BCUT2D eigenvalue weighted by atomic mass is 32.2. The van der Waals surface area contributed by atoms with Gasteiger partial charge in [-0.2, -0.15) is 0 Å². The molecule has 0 fully saturated rings. The van der Waals surface area contributed by atoms with Crippen molar-refractivity contribution >= 4 is 22.6 Å². The van der Waals surface area contributed by atoms with Crippen LogP contribution in [0.25, 0.3) is 0 Å². The third kappa shape index (κ3) is 4.44. The number of hydrogen-bond acceptors (Lipinski definition) is 3. The van der Waals surface area contributed by atoms with Crippen LogP contribution in [-0.4, -0.2) is 9.96 Å². The number of aryl methyl sites for hydroxylation is 1. The zero-order chi connectivity index (χ0) is 17.8. The van der Waals surface area contributed by atoms with Gasteiger partial charge in [0.1, 0.15) is 0 Å². The molecule has 1 aliphatic heterocycles. The molecule has 130 valence electrons. The monoisotopic (exact) mass is 369 g/mol. The number of nitrogens with one attached hydrogen (secondary N) is 1. The van der Waals surface area contributed by atoms with E-state index in [1.165, 1.54) is 10.5 Å². The lowest BCUT2D eigenvalue weighted by atomic mass is 10.1. The van der Waals surface area contributed by atoms with E-state index in [2.05, 4.69) is 37.4 Å². The van der Waals surface area contributed by atoms with Gasteiger partial charge in [0.05, 0.1) is 10.8 Å². The van der Waals surface area contributed by atoms with Crippen LogP contribution >= 0.6 is 11.8 Å². The Labute approximate surface area is 156 Å². The molecule has 2 aromatic carbocycles. The molecule has 0 amide bonds. The Balaban J connectivity index is 1.89. The van der Waals surface area contributed by atoms with E-state index >= 15 is 0 Å². The van der Waals surface area contributed by atoms with Gasteiger partial charge in [0.15, 0.2) is 0 Å². The summed E-state index contributed by atoms with van der Waals surface area (Å²) in [5, 5.41) is 3.46. The second kappa shape index (κ2) is 8.07. The average molecular weight is 370 g/mol. The highest BCUT2D eigenvalue weighted by Gasteiger charge is 2.24. The highest BCUT2D eigenvalue weighted by molar-refractivity contribution is 7.99. The Hall–Kier alpha value is -1.78. The first-order valence-electron chi connectivity index (χ1n) is 8.39. The summed E-state index contributed by atoms with van der Waals surface area (Å²) in [7, 11) is -1.15. The molecule has 1 N–H and O–H groups in total. The van der Waals surface area contributed by atoms with Crippen LogP contribution in [0.1, 0.15) is 19.4 Å². The van der Waals surface area contributed by atoms with Crippen LogP contribution in [0.5, 0.6) is 0 Å². The number of allylic oxidation sites excluding steroid dienone is 3. The fourth-order valence-electron chi connectivity index (χ4n) is 2.92. The molecule has 0 saturated heterocycles. The fourth-order valence-corrected chi connectivity index (χ4v) is 5.29. The predicted molar refractivity (Wildman–Crippen MR) is 108 cm³/mol. The maximum atomic E-state index is 13.2. The molecule has 0 saturated carbocycles. The minimum Gasteiger partial charge on any atom is -0.361 e. The maximum absolute atomic E-state index is 13.2. The minimum atomic E-state index is -1.15. The SMILES string of the molecule is CC1=C[C@@H](C)C(S(=O)c2ccc(C)cc2)=C(CSc2ccccc2)N1. The molecule has 1 unspecified atom stereocenters.